The van der Waals surface area contributed by atoms with Crippen molar-refractivity contribution in [3.05, 3.63) is 35.7 Å². The van der Waals surface area contributed by atoms with Crippen molar-refractivity contribution in [2.45, 2.75) is 70.1 Å². The van der Waals surface area contributed by atoms with Crippen LogP contribution in [0, 0.1) is 6.92 Å². The molecule has 1 fully saturated rings. The van der Waals surface area contributed by atoms with Gasteiger partial charge in [-0.1, -0.05) is 11.8 Å². The first-order valence-corrected chi connectivity index (χ1v) is 14.7. The van der Waals surface area contributed by atoms with Gasteiger partial charge in [0.25, 0.3) is 0 Å². The smallest absolute Gasteiger partial charge is 0.417 e. The van der Waals surface area contributed by atoms with Gasteiger partial charge >= 0.3 is 6.18 Å². The van der Waals surface area contributed by atoms with E-state index in [0.29, 0.717) is 50.5 Å². The Morgan fingerprint density at radius 1 is 1.12 bits per heavy atom. The maximum Gasteiger partial charge on any atom is 0.417 e. The van der Waals surface area contributed by atoms with Crippen molar-refractivity contribution in [1.82, 2.24) is 29.3 Å². The summed E-state index contributed by atoms with van der Waals surface area (Å²) >= 11 is 1.37. The van der Waals surface area contributed by atoms with Crippen LogP contribution in [0.5, 0.6) is 5.88 Å². The minimum absolute atomic E-state index is 0.0117. The fourth-order valence-electron chi connectivity index (χ4n) is 5.70. The van der Waals surface area contributed by atoms with Gasteiger partial charge < -0.3 is 14.0 Å². The number of aryl methyl sites for hydroxylation is 2. The molecule has 12 heteroatoms. The van der Waals surface area contributed by atoms with Crippen LogP contribution in [-0.4, -0.2) is 47.8 Å². The predicted octanol–water partition coefficient (Wildman–Crippen LogP) is 7.46. The van der Waals surface area contributed by atoms with Gasteiger partial charge in [-0.05, 0) is 70.9 Å². The molecule has 0 radical (unpaired) electrons. The van der Waals surface area contributed by atoms with Gasteiger partial charge in [0.15, 0.2) is 11.4 Å². The first kappa shape index (κ1) is 27.8. The molecule has 0 bridgehead atoms. The maximum absolute atomic E-state index is 14.8. The lowest BCUT2D eigenvalue weighted by molar-refractivity contribution is -0.137. The Labute approximate surface area is 239 Å². The van der Waals surface area contributed by atoms with E-state index >= 15 is 0 Å². The zero-order chi connectivity index (χ0) is 29.3. The molecule has 1 aliphatic heterocycles. The molecule has 0 saturated carbocycles. The highest BCUT2D eigenvalue weighted by molar-refractivity contribution is 7.98. The number of benzene rings is 1. The molecule has 216 valence electrons. The monoisotopic (exact) mass is 584 g/mol. The molecular weight excluding hydrogens is 553 g/mol. The van der Waals surface area contributed by atoms with Gasteiger partial charge in [0.05, 0.1) is 33.9 Å². The molecule has 0 amide bonds. The predicted molar refractivity (Wildman–Crippen MR) is 153 cm³/mol. The minimum atomic E-state index is -4.63. The Balaban J connectivity index is 1.72. The normalized spacial score (nSPS) is 16.8. The highest BCUT2D eigenvalue weighted by Gasteiger charge is 2.39. The van der Waals surface area contributed by atoms with E-state index in [1.807, 2.05) is 27.0 Å². The highest BCUT2D eigenvalue weighted by Crippen LogP contribution is 2.47. The van der Waals surface area contributed by atoms with Gasteiger partial charge in [0.1, 0.15) is 11.2 Å². The molecule has 1 unspecified atom stereocenters. The van der Waals surface area contributed by atoms with Crippen LogP contribution in [0.1, 0.15) is 57.4 Å². The topological polar surface area (TPSA) is 79.9 Å². The van der Waals surface area contributed by atoms with Crippen LogP contribution in [0.15, 0.2) is 29.7 Å². The van der Waals surface area contributed by atoms with E-state index in [9.17, 15) is 13.2 Å². The Hall–Kier alpha value is -3.38. The molecular formula is C29H31F3N6O2S. The molecule has 4 aromatic heterocycles. The second-order valence-electron chi connectivity index (χ2n) is 11.3. The van der Waals surface area contributed by atoms with E-state index in [0.717, 1.165) is 19.3 Å². The molecule has 5 aromatic rings. The van der Waals surface area contributed by atoms with Crippen molar-refractivity contribution in [1.29, 1.82) is 0 Å². The van der Waals surface area contributed by atoms with Gasteiger partial charge in [-0.2, -0.15) is 23.3 Å². The summed E-state index contributed by atoms with van der Waals surface area (Å²) in [4.78, 5) is 13.9. The van der Waals surface area contributed by atoms with Gasteiger partial charge in [0, 0.05) is 36.2 Å². The minimum Gasteiger partial charge on any atom is -0.471 e. The number of fused-ring (bicyclic) bond motifs is 4. The van der Waals surface area contributed by atoms with E-state index in [-0.39, 0.29) is 23.0 Å². The van der Waals surface area contributed by atoms with Crippen LogP contribution in [-0.2, 0) is 18.0 Å². The number of hydrogen-bond acceptors (Lipinski definition) is 7. The molecule has 0 aliphatic carbocycles. The second-order valence-corrected chi connectivity index (χ2v) is 12.1. The third kappa shape index (κ3) is 4.70. The highest BCUT2D eigenvalue weighted by atomic mass is 32.2. The largest absolute Gasteiger partial charge is 0.471 e. The van der Waals surface area contributed by atoms with Gasteiger partial charge in [0.2, 0.25) is 5.88 Å². The van der Waals surface area contributed by atoms with E-state index in [2.05, 4.69) is 15.1 Å². The van der Waals surface area contributed by atoms with Crippen LogP contribution in [0.25, 0.3) is 44.1 Å². The Bertz CT molecular complexity index is 1800. The molecule has 6 rings (SSSR count). The van der Waals surface area contributed by atoms with Crippen molar-refractivity contribution in [2.24, 2.45) is 7.05 Å². The number of nitrogens with zero attached hydrogens (tertiary/aromatic N) is 6. The van der Waals surface area contributed by atoms with Crippen molar-refractivity contribution >= 4 is 44.6 Å². The SMILES string of the molecule is CSc1nc(OC(C)(C)C)c2c3ccnc(-c4c(C(F)(F)F)c(C)cc5c4cnn5C4CCCCO4)c3n(C)c2n1. The third-order valence-electron chi connectivity index (χ3n) is 7.32. The average molecular weight is 585 g/mol. The molecule has 0 N–H and O–H groups in total. The number of halogens is 3. The Morgan fingerprint density at radius 2 is 1.90 bits per heavy atom. The third-order valence-corrected chi connectivity index (χ3v) is 7.87. The lowest BCUT2D eigenvalue weighted by atomic mass is 9.94. The molecule has 5 heterocycles. The number of thioether (sulfide) groups is 1. The van der Waals surface area contributed by atoms with Crippen molar-refractivity contribution in [2.75, 3.05) is 12.9 Å². The zero-order valence-corrected chi connectivity index (χ0v) is 24.6. The fraction of sp³-hybridized carbons (Fsp3) is 0.448. The number of alkyl halides is 3. The van der Waals surface area contributed by atoms with E-state index in [4.69, 9.17) is 14.5 Å². The van der Waals surface area contributed by atoms with E-state index in [1.165, 1.54) is 31.1 Å². The molecule has 0 spiro atoms. The first-order chi connectivity index (χ1) is 19.4. The Kier molecular flexibility index (Phi) is 6.68. The quantitative estimate of drug-likeness (QED) is 0.160. The summed E-state index contributed by atoms with van der Waals surface area (Å²) in [7, 11) is 1.79. The van der Waals surface area contributed by atoms with Gasteiger partial charge in [-0.25, -0.2) is 9.67 Å². The summed E-state index contributed by atoms with van der Waals surface area (Å²) in [5.41, 5.74) is 0.623. The summed E-state index contributed by atoms with van der Waals surface area (Å²) in [6.45, 7) is 7.84. The molecule has 8 nitrogen and oxygen atoms in total. The standard InChI is InChI=1S/C29H31F3N6O2S/c1-15-13-18-17(14-34-38(18)19-9-7-8-12-39-19)20(22(15)29(30,31)32)23-24-16(10-11-33-23)21-25(37(24)5)35-27(41-6)36-26(21)40-28(2,3)4/h10-11,13-14,19H,7-9,12H2,1-6H3. The van der Waals surface area contributed by atoms with Crippen LogP contribution in [0.2, 0.25) is 0 Å². The van der Waals surface area contributed by atoms with Gasteiger partial charge in [-0.3, -0.25) is 4.98 Å². The number of ether oxygens (including phenoxy) is 2. The van der Waals surface area contributed by atoms with Gasteiger partial charge in [-0.15, -0.1) is 0 Å². The lowest BCUT2D eigenvalue weighted by Crippen LogP contribution is -2.23. The van der Waals surface area contributed by atoms with Crippen LogP contribution >= 0.6 is 11.8 Å². The number of aromatic nitrogens is 6. The zero-order valence-electron chi connectivity index (χ0n) is 23.8. The van der Waals surface area contributed by atoms with Crippen LogP contribution < -0.4 is 4.74 Å². The molecule has 1 saturated heterocycles. The number of hydrogen-bond donors (Lipinski definition) is 0. The first-order valence-electron chi connectivity index (χ1n) is 13.5. The number of pyridine rings is 1. The molecule has 41 heavy (non-hydrogen) atoms. The fourth-order valence-corrected chi connectivity index (χ4v) is 6.05. The summed E-state index contributed by atoms with van der Waals surface area (Å²) < 4.78 is 60.1. The molecule has 1 atom stereocenters. The average Bonchev–Trinajstić information content (AvgIpc) is 3.45. The molecule has 1 aliphatic rings. The van der Waals surface area contributed by atoms with Crippen LogP contribution in [0.3, 0.4) is 0 Å². The summed E-state index contributed by atoms with van der Waals surface area (Å²) in [6, 6.07) is 3.33. The number of rotatable bonds is 4. The Morgan fingerprint density at radius 3 is 2.56 bits per heavy atom. The van der Waals surface area contributed by atoms with E-state index < -0.39 is 17.3 Å². The van der Waals surface area contributed by atoms with E-state index in [1.54, 1.807) is 28.4 Å². The second kappa shape index (κ2) is 9.87. The summed E-state index contributed by atoms with van der Waals surface area (Å²) in [6.07, 6.45) is 2.60. The van der Waals surface area contributed by atoms with Crippen molar-refractivity contribution in [3.63, 3.8) is 0 Å². The molecule has 1 aromatic carbocycles. The summed E-state index contributed by atoms with van der Waals surface area (Å²) in [5, 5.41) is 6.69. The van der Waals surface area contributed by atoms with Crippen LogP contribution in [0.4, 0.5) is 13.2 Å². The lowest BCUT2D eigenvalue weighted by Gasteiger charge is -2.24. The van der Waals surface area contributed by atoms with Crippen molar-refractivity contribution in [3.8, 4) is 17.1 Å². The maximum atomic E-state index is 14.8. The summed E-state index contributed by atoms with van der Waals surface area (Å²) in [5.74, 6) is 0.377. The van der Waals surface area contributed by atoms with Crippen molar-refractivity contribution < 1.29 is 22.6 Å².